The monoisotopic (exact) mass is 378 g/mol. The molecule has 1 heterocycles. The van der Waals surface area contributed by atoms with Crippen molar-refractivity contribution in [2.24, 2.45) is 0 Å². The zero-order valence-corrected chi connectivity index (χ0v) is 10.2. The summed E-state index contributed by atoms with van der Waals surface area (Å²) < 4.78 is 39.2. The number of halogens is 4. The molecule has 1 rings (SSSR count). The molecule has 0 atom stereocenters. The van der Waals surface area contributed by atoms with Gasteiger partial charge in [0.25, 0.3) is 0 Å². The maximum Gasteiger partial charge on any atom is 0.573 e. The summed E-state index contributed by atoms with van der Waals surface area (Å²) in [5, 5.41) is 19.1. The van der Waals surface area contributed by atoms with Crippen molar-refractivity contribution < 1.29 is 32.7 Å². The molecule has 7 nitrogen and oxygen atoms in total. The fourth-order valence-electron chi connectivity index (χ4n) is 0.941. The van der Waals surface area contributed by atoms with Crippen molar-refractivity contribution in [2.75, 3.05) is 0 Å². The van der Waals surface area contributed by atoms with Gasteiger partial charge in [-0.05, 0) is 32.5 Å². The Labute approximate surface area is 110 Å². The normalized spacial score (nSPS) is 11.1. The standard InChI is InChI=1S/C7H2F3IN2O5/c8-7(9,10)18-5-2(11)1-3(13(16)17)12-4(5)6(14)15/h1H,(H,14,15). The summed E-state index contributed by atoms with van der Waals surface area (Å²) in [6, 6.07) is 0.675. The summed E-state index contributed by atoms with van der Waals surface area (Å²) in [4.78, 5) is 23.1. The van der Waals surface area contributed by atoms with Crippen molar-refractivity contribution in [1.82, 2.24) is 4.98 Å². The number of nitrogens with zero attached hydrogens (tertiary/aromatic N) is 2. The van der Waals surface area contributed by atoms with Gasteiger partial charge in [-0.1, -0.05) is 0 Å². The molecule has 0 fully saturated rings. The average molecular weight is 378 g/mol. The van der Waals surface area contributed by atoms with E-state index in [9.17, 15) is 28.1 Å². The van der Waals surface area contributed by atoms with Gasteiger partial charge in [0.2, 0.25) is 5.75 Å². The fraction of sp³-hybridized carbons (Fsp3) is 0.143. The van der Waals surface area contributed by atoms with E-state index in [0.717, 1.165) is 0 Å². The third-order valence-corrected chi connectivity index (χ3v) is 2.32. The Morgan fingerprint density at radius 1 is 1.56 bits per heavy atom. The first-order valence-electron chi connectivity index (χ1n) is 3.96. The summed E-state index contributed by atoms with van der Waals surface area (Å²) in [5.41, 5.74) is -1.18. The largest absolute Gasteiger partial charge is 0.573 e. The first kappa shape index (κ1) is 14.4. The van der Waals surface area contributed by atoms with E-state index in [1.807, 2.05) is 0 Å². The van der Waals surface area contributed by atoms with Crippen LogP contribution < -0.4 is 4.74 Å². The van der Waals surface area contributed by atoms with Gasteiger partial charge in [0.05, 0.1) is 9.64 Å². The molecule has 11 heteroatoms. The number of nitro groups is 1. The van der Waals surface area contributed by atoms with Gasteiger partial charge >= 0.3 is 23.8 Å². The Bertz CT molecular complexity index is 519. The van der Waals surface area contributed by atoms with Crippen LogP contribution in [0.25, 0.3) is 0 Å². The van der Waals surface area contributed by atoms with E-state index >= 15 is 0 Å². The first-order valence-corrected chi connectivity index (χ1v) is 5.03. The number of aromatic nitrogens is 1. The molecule has 0 aliphatic rings. The second kappa shape index (κ2) is 4.91. The molecule has 0 aliphatic heterocycles. The van der Waals surface area contributed by atoms with Gasteiger partial charge in [-0.15, -0.1) is 13.2 Å². The SMILES string of the molecule is O=C(O)c1nc([N+](=O)[O-])cc(I)c1OC(F)(F)F. The Balaban J connectivity index is 3.41. The molecule has 0 bridgehead atoms. The van der Waals surface area contributed by atoms with Crippen LogP contribution >= 0.6 is 22.6 Å². The lowest BCUT2D eigenvalue weighted by Gasteiger charge is -2.10. The van der Waals surface area contributed by atoms with Crippen LogP contribution in [0.1, 0.15) is 10.5 Å². The molecule has 18 heavy (non-hydrogen) atoms. The summed E-state index contributed by atoms with van der Waals surface area (Å²) in [6.45, 7) is 0. The van der Waals surface area contributed by atoms with Gasteiger partial charge in [0, 0.05) is 0 Å². The van der Waals surface area contributed by atoms with Crippen molar-refractivity contribution in [3.63, 3.8) is 0 Å². The van der Waals surface area contributed by atoms with Crippen molar-refractivity contribution in [3.8, 4) is 5.75 Å². The smallest absolute Gasteiger partial charge is 0.475 e. The third kappa shape index (κ3) is 3.41. The molecule has 0 saturated heterocycles. The molecule has 1 N–H and O–H groups in total. The topological polar surface area (TPSA) is 103 Å². The number of aromatic carboxylic acids is 1. The number of ether oxygens (including phenoxy) is 1. The number of rotatable bonds is 3. The van der Waals surface area contributed by atoms with Gasteiger partial charge < -0.3 is 20.0 Å². The number of hydrogen-bond acceptors (Lipinski definition) is 5. The molecule has 0 unspecified atom stereocenters. The second-order valence-electron chi connectivity index (χ2n) is 2.75. The minimum absolute atomic E-state index is 0.385. The first-order chi connectivity index (χ1) is 8.11. The number of carbonyl (C=O) groups is 1. The summed E-state index contributed by atoms with van der Waals surface area (Å²) in [7, 11) is 0. The molecular formula is C7H2F3IN2O5. The Morgan fingerprint density at radius 2 is 2.11 bits per heavy atom. The van der Waals surface area contributed by atoms with Gasteiger partial charge in [-0.2, -0.15) is 0 Å². The van der Waals surface area contributed by atoms with E-state index in [1.54, 1.807) is 0 Å². The lowest BCUT2D eigenvalue weighted by Crippen LogP contribution is -2.21. The molecule has 0 saturated carbocycles. The van der Waals surface area contributed by atoms with E-state index in [0.29, 0.717) is 6.07 Å². The van der Waals surface area contributed by atoms with E-state index < -0.39 is 34.5 Å². The van der Waals surface area contributed by atoms with Crippen LogP contribution in [0.4, 0.5) is 19.0 Å². The van der Waals surface area contributed by atoms with Crippen molar-refractivity contribution >= 4 is 34.4 Å². The average Bonchev–Trinajstić information content (AvgIpc) is 2.18. The maximum atomic E-state index is 12.0. The Hall–Kier alpha value is -1.66. The number of pyridine rings is 1. The van der Waals surface area contributed by atoms with Crippen molar-refractivity contribution in [3.05, 3.63) is 25.4 Å². The van der Waals surface area contributed by atoms with Crippen molar-refractivity contribution in [1.29, 1.82) is 0 Å². The number of carboxylic acids is 1. The summed E-state index contributed by atoms with van der Waals surface area (Å²) >= 11 is 1.29. The molecule has 0 radical (unpaired) electrons. The predicted molar refractivity (Wildman–Crippen MR) is 57.3 cm³/mol. The third-order valence-electron chi connectivity index (χ3n) is 1.52. The second-order valence-corrected chi connectivity index (χ2v) is 3.91. The molecular weight excluding hydrogens is 376 g/mol. The highest BCUT2D eigenvalue weighted by atomic mass is 127. The molecule has 0 spiro atoms. The molecule has 0 amide bonds. The van der Waals surface area contributed by atoms with Crippen LogP contribution in [0.3, 0.4) is 0 Å². The van der Waals surface area contributed by atoms with Crippen LogP contribution in [0, 0.1) is 13.7 Å². The minimum Gasteiger partial charge on any atom is -0.475 e. The highest BCUT2D eigenvalue weighted by Gasteiger charge is 2.37. The quantitative estimate of drug-likeness (QED) is 0.492. The van der Waals surface area contributed by atoms with Gasteiger partial charge in [0.1, 0.15) is 0 Å². The van der Waals surface area contributed by atoms with Crippen LogP contribution in [-0.4, -0.2) is 27.3 Å². The minimum atomic E-state index is -5.12. The van der Waals surface area contributed by atoms with Gasteiger partial charge in [-0.25, -0.2) is 4.79 Å². The highest BCUT2D eigenvalue weighted by Crippen LogP contribution is 2.32. The van der Waals surface area contributed by atoms with E-state index in [-0.39, 0.29) is 3.57 Å². The van der Waals surface area contributed by atoms with Crippen LogP contribution in [0.15, 0.2) is 6.07 Å². The van der Waals surface area contributed by atoms with Crippen LogP contribution in [0.2, 0.25) is 0 Å². The maximum absolute atomic E-state index is 12.0. The predicted octanol–water partition coefficient (Wildman–Crippen LogP) is 2.19. The molecule has 0 aliphatic carbocycles. The molecule has 1 aromatic rings. The number of carboxylic acid groups (broad SMARTS) is 1. The Kier molecular flexibility index (Phi) is 3.93. The van der Waals surface area contributed by atoms with E-state index in [2.05, 4.69) is 9.72 Å². The Morgan fingerprint density at radius 3 is 2.50 bits per heavy atom. The molecule has 98 valence electrons. The van der Waals surface area contributed by atoms with Crippen LogP contribution in [-0.2, 0) is 0 Å². The molecule has 1 aromatic heterocycles. The number of hydrogen-bond donors (Lipinski definition) is 1. The molecule has 0 aromatic carbocycles. The summed E-state index contributed by atoms with van der Waals surface area (Å²) in [6.07, 6.45) is -5.12. The zero-order valence-electron chi connectivity index (χ0n) is 8.06. The summed E-state index contributed by atoms with van der Waals surface area (Å²) in [5.74, 6) is -3.83. The zero-order chi connectivity index (χ0) is 14.1. The van der Waals surface area contributed by atoms with Gasteiger partial charge in [-0.3, -0.25) is 0 Å². The fourth-order valence-corrected chi connectivity index (χ4v) is 1.58. The lowest BCUT2D eigenvalue weighted by molar-refractivity contribution is -0.389. The lowest BCUT2D eigenvalue weighted by atomic mass is 10.3. The van der Waals surface area contributed by atoms with E-state index in [1.165, 1.54) is 22.6 Å². The van der Waals surface area contributed by atoms with Crippen LogP contribution in [0.5, 0.6) is 5.75 Å². The van der Waals surface area contributed by atoms with Crippen molar-refractivity contribution in [2.45, 2.75) is 6.36 Å². The highest BCUT2D eigenvalue weighted by molar-refractivity contribution is 14.1. The number of alkyl halides is 3. The van der Waals surface area contributed by atoms with Gasteiger partial charge in [0.15, 0.2) is 0 Å². The van der Waals surface area contributed by atoms with E-state index in [4.69, 9.17) is 5.11 Å².